The number of carbonyl (C=O) groups is 1. The van der Waals surface area contributed by atoms with Gasteiger partial charge in [-0.25, -0.2) is 4.39 Å². The van der Waals surface area contributed by atoms with Crippen LogP contribution < -0.4 is 5.32 Å². The molecule has 0 bridgehead atoms. The number of nitrogens with one attached hydrogen (secondary N) is 1. The van der Waals surface area contributed by atoms with Gasteiger partial charge in [0.1, 0.15) is 0 Å². The molecule has 0 aromatic heterocycles. The van der Waals surface area contributed by atoms with Gasteiger partial charge in [-0.3, -0.25) is 4.79 Å². The van der Waals surface area contributed by atoms with Crippen molar-refractivity contribution in [1.82, 2.24) is 5.32 Å². The summed E-state index contributed by atoms with van der Waals surface area (Å²) in [7, 11) is 0. The molecule has 16 heavy (non-hydrogen) atoms. The Kier molecular flexibility index (Phi) is 5.43. The van der Waals surface area contributed by atoms with Crippen molar-refractivity contribution < 1.29 is 9.18 Å². The van der Waals surface area contributed by atoms with E-state index in [1.165, 1.54) is 0 Å². The van der Waals surface area contributed by atoms with E-state index in [-0.39, 0.29) is 11.5 Å². The second kappa shape index (κ2) is 5.65. The predicted octanol–water partition coefficient (Wildman–Crippen LogP) is 3.46. The third-order valence-corrected chi connectivity index (χ3v) is 3.20. The molecule has 0 aromatic carbocycles. The molecule has 1 unspecified atom stereocenters. The van der Waals surface area contributed by atoms with E-state index >= 15 is 0 Å². The van der Waals surface area contributed by atoms with Crippen molar-refractivity contribution in [3.63, 3.8) is 0 Å². The summed E-state index contributed by atoms with van der Waals surface area (Å²) in [5, 5.41) is 2.75. The SMILES string of the molecule is CC.CC(NC(=O)C1(F)CCC1)C(C)(C)C. The number of halogens is 1. The number of alkyl halides is 1. The Morgan fingerprint density at radius 2 is 1.75 bits per heavy atom. The minimum atomic E-state index is -1.57. The maximum Gasteiger partial charge on any atom is 0.257 e. The van der Waals surface area contributed by atoms with Gasteiger partial charge < -0.3 is 5.32 Å². The van der Waals surface area contributed by atoms with Gasteiger partial charge in [-0.05, 0) is 31.6 Å². The number of rotatable bonds is 2. The Hall–Kier alpha value is -0.600. The molecule has 1 fully saturated rings. The van der Waals surface area contributed by atoms with Crippen LogP contribution in [0.15, 0.2) is 0 Å². The molecule has 3 heteroatoms. The standard InChI is InChI=1S/C11H20FNO.C2H6/c1-8(10(2,3)4)13-9(14)11(12)6-5-7-11;1-2/h8H,5-7H2,1-4H3,(H,13,14);1-2H3. The molecule has 0 radical (unpaired) electrons. The molecule has 0 aromatic rings. The van der Waals surface area contributed by atoms with Crippen LogP contribution in [-0.2, 0) is 4.79 Å². The maximum absolute atomic E-state index is 13.6. The average Bonchev–Trinajstić information content (AvgIpc) is 2.15. The Morgan fingerprint density at radius 1 is 1.31 bits per heavy atom. The largest absolute Gasteiger partial charge is 0.350 e. The minimum Gasteiger partial charge on any atom is -0.350 e. The maximum atomic E-state index is 13.6. The Morgan fingerprint density at radius 3 is 2.00 bits per heavy atom. The van der Waals surface area contributed by atoms with Gasteiger partial charge in [0.15, 0.2) is 5.67 Å². The van der Waals surface area contributed by atoms with Crippen molar-refractivity contribution in [1.29, 1.82) is 0 Å². The first-order valence-corrected chi connectivity index (χ1v) is 6.25. The molecule has 2 nitrogen and oxygen atoms in total. The van der Waals surface area contributed by atoms with E-state index in [9.17, 15) is 9.18 Å². The number of hydrogen-bond donors (Lipinski definition) is 1. The predicted molar refractivity (Wildman–Crippen MR) is 66.1 cm³/mol. The summed E-state index contributed by atoms with van der Waals surface area (Å²) >= 11 is 0. The van der Waals surface area contributed by atoms with Crippen LogP contribution in [0.5, 0.6) is 0 Å². The first-order chi connectivity index (χ1) is 7.26. The van der Waals surface area contributed by atoms with E-state index in [4.69, 9.17) is 0 Å². The van der Waals surface area contributed by atoms with E-state index in [2.05, 4.69) is 5.32 Å². The van der Waals surface area contributed by atoms with Crippen molar-refractivity contribution in [3.8, 4) is 0 Å². The van der Waals surface area contributed by atoms with Crippen LogP contribution in [0.2, 0.25) is 0 Å². The van der Waals surface area contributed by atoms with E-state index < -0.39 is 11.6 Å². The molecule has 0 heterocycles. The fourth-order valence-corrected chi connectivity index (χ4v) is 1.26. The third-order valence-electron chi connectivity index (χ3n) is 3.20. The van der Waals surface area contributed by atoms with Crippen LogP contribution in [0.3, 0.4) is 0 Å². The average molecular weight is 231 g/mol. The highest BCUT2D eigenvalue weighted by atomic mass is 19.1. The molecule has 1 rings (SSSR count). The van der Waals surface area contributed by atoms with Gasteiger partial charge in [-0.2, -0.15) is 0 Å². The monoisotopic (exact) mass is 231 g/mol. The molecule has 1 amide bonds. The van der Waals surface area contributed by atoms with Crippen molar-refractivity contribution in [2.75, 3.05) is 0 Å². The second-order valence-electron chi connectivity index (χ2n) is 5.38. The molecule has 96 valence electrons. The molecule has 0 spiro atoms. The molecule has 1 aliphatic rings. The van der Waals surface area contributed by atoms with Crippen LogP contribution in [0.4, 0.5) is 4.39 Å². The highest BCUT2D eigenvalue weighted by molar-refractivity contribution is 5.86. The summed E-state index contributed by atoms with van der Waals surface area (Å²) in [6, 6.07) is 0.00299. The Bertz CT molecular complexity index is 229. The third kappa shape index (κ3) is 3.76. The van der Waals surface area contributed by atoms with E-state index in [0.717, 1.165) is 6.42 Å². The summed E-state index contributed by atoms with van der Waals surface area (Å²) < 4.78 is 13.6. The fraction of sp³-hybridized carbons (Fsp3) is 0.923. The Balaban J connectivity index is 0.00000106. The molecule has 0 aliphatic heterocycles. The zero-order valence-corrected chi connectivity index (χ0v) is 11.5. The smallest absolute Gasteiger partial charge is 0.257 e. The lowest BCUT2D eigenvalue weighted by atomic mass is 9.80. The highest BCUT2D eigenvalue weighted by Gasteiger charge is 2.45. The number of amides is 1. The van der Waals surface area contributed by atoms with Crippen LogP contribution in [0, 0.1) is 5.41 Å². The molecule has 1 saturated carbocycles. The van der Waals surface area contributed by atoms with Gasteiger partial charge in [0.2, 0.25) is 0 Å². The normalized spacial score (nSPS) is 19.9. The van der Waals surface area contributed by atoms with Crippen LogP contribution in [0.1, 0.15) is 60.8 Å². The Labute approximate surface area is 99.0 Å². The van der Waals surface area contributed by atoms with E-state index in [1.807, 2.05) is 41.5 Å². The van der Waals surface area contributed by atoms with Crippen molar-refractivity contribution in [3.05, 3.63) is 0 Å². The van der Waals surface area contributed by atoms with Crippen molar-refractivity contribution in [2.45, 2.75) is 72.5 Å². The molecule has 1 atom stereocenters. The van der Waals surface area contributed by atoms with Gasteiger partial charge in [0, 0.05) is 6.04 Å². The van der Waals surface area contributed by atoms with Crippen LogP contribution in [0.25, 0.3) is 0 Å². The van der Waals surface area contributed by atoms with Crippen LogP contribution in [-0.4, -0.2) is 17.6 Å². The lowest BCUT2D eigenvalue weighted by molar-refractivity contribution is -0.139. The highest BCUT2D eigenvalue weighted by Crippen LogP contribution is 2.36. The lowest BCUT2D eigenvalue weighted by Gasteiger charge is -2.36. The molecular formula is C13H26FNO. The number of carbonyl (C=O) groups excluding carboxylic acids is 1. The topological polar surface area (TPSA) is 29.1 Å². The quantitative estimate of drug-likeness (QED) is 0.774. The molecule has 1 N–H and O–H groups in total. The number of hydrogen-bond acceptors (Lipinski definition) is 1. The lowest BCUT2D eigenvalue weighted by Crippen LogP contribution is -2.53. The zero-order chi connectivity index (χ0) is 13.0. The fourth-order valence-electron chi connectivity index (χ4n) is 1.26. The van der Waals surface area contributed by atoms with Crippen molar-refractivity contribution >= 4 is 5.91 Å². The van der Waals surface area contributed by atoms with Gasteiger partial charge >= 0.3 is 0 Å². The summed E-state index contributed by atoms with van der Waals surface area (Å²) in [6.07, 6.45) is 1.60. The molecule has 1 aliphatic carbocycles. The van der Waals surface area contributed by atoms with Gasteiger partial charge in [-0.1, -0.05) is 34.6 Å². The zero-order valence-electron chi connectivity index (χ0n) is 11.5. The summed E-state index contributed by atoms with van der Waals surface area (Å²) in [5.41, 5.74) is -1.59. The van der Waals surface area contributed by atoms with Gasteiger partial charge in [0.05, 0.1) is 0 Å². The molecule has 0 saturated heterocycles. The summed E-state index contributed by atoms with van der Waals surface area (Å²) in [4.78, 5) is 11.5. The van der Waals surface area contributed by atoms with Gasteiger partial charge in [0.25, 0.3) is 5.91 Å². The molecular weight excluding hydrogens is 205 g/mol. The second-order valence-corrected chi connectivity index (χ2v) is 5.38. The van der Waals surface area contributed by atoms with Crippen molar-refractivity contribution in [2.24, 2.45) is 5.41 Å². The first-order valence-electron chi connectivity index (χ1n) is 6.25. The summed E-state index contributed by atoms with van der Waals surface area (Å²) in [5.74, 6) is -0.425. The van der Waals surface area contributed by atoms with Crippen LogP contribution >= 0.6 is 0 Å². The summed E-state index contributed by atoms with van der Waals surface area (Å²) in [6.45, 7) is 12.0. The van der Waals surface area contributed by atoms with E-state index in [0.29, 0.717) is 12.8 Å². The van der Waals surface area contributed by atoms with E-state index in [1.54, 1.807) is 0 Å². The first kappa shape index (κ1) is 15.4. The minimum absolute atomic E-state index is 0.00299. The van der Waals surface area contributed by atoms with Gasteiger partial charge in [-0.15, -0.1) is 0 Å².